The molecule has 0 atom stereocenters. The third kappa shape index (κ3) is 3.52. The number of benzene rings is 2. The van der Waals surface area contributed by atoms with Gasteiger partial charge in [-0.25, -0.2) is 4.79 Å². The zero-order valence-corrected chi connectivity index (χ0v) is 15.8. The van der Waals surface area contributed by atoms with Crippen LogP contribution in [0.25, 0.3) is 5.57 Å². The maximum Gasteiger partial charge on any atom is 0.332 e. The number of nitrogens with zero attached hydrogens (tertiary/aromatic N) is 1. The summed E-state index contributed by atoms with van der Waals surface area (Å²) in [5.41, 5.74) is 5.29. The van der Waals surface area contributed by atoms with Crippen molar-refractivity contribution in [1.29, 1.82) is 0 Å². The number of oxime groups is 1. The normalized spacial score (nSPS) is 15.9. The number of halogens is 1. The number of anilines is 2. The number of para-hydroxylation sites is 1. The van der Waals surface area contributed by atoms with Gasteiger partial charge in [-0.05, 0) is 30.7 Å². The van der Waals surface area contributed by atoms with Crippen LogP contribution in [0.4, 0.5) is 11.4 Å². The molecule has 1 heterocycles. The first-order valence-electron chi connectivity index (χ1n) is 7.84. The van der Waals surface area contributed by atoms with Crippen LogP contribution in [0, 0.1) is 0 Å². The van der Waals surface area contributed by atoms with Crippen LogP contribution in [0.5, 0.6) is 0 Å². The molecule has 0 aliphatic carbocycles. The van der Waals surface area contributed by atoms with Crippen molar-refractivity contribution in [2.24, 2.45) is 5.16 Å². The zero-order valence-electron chi connectivity index (χ0n) is 14.2. The molecule has 0 saturated heterocycles. The van der Waals surface area contributed by atoms with E-state index in [1.165, 1.54) is 6.92 Å². The van der Waals surface area contributed by atoms with Gasteiger partial charge in [0.15, 0.2) is 0 Å². The fraction of sp³-hybridized carbons (Fsp3) is 0.105. The number of carbonyl (C=O) groups is 2. The lowest BCUT2D eigenvalue weighted by Crippen LogP contribution is -2.08. The molecule has 1 amide bonds. The van der Waals surface area contributed by atoms with Crippen molar-refractivity contribution in [3.05, 3.63) is 63.8 Å². The van der Waals surface area contributed by atoms with Gasteiger partial charge >= 0.3 is 5.97 Å². The van der Waals surface area contributed by atoms with Gasteiger partial charge in [-0.3, -0.25) is 4.79 Å². The number of hydrogen-bond acceptors (Lipinski definition) is 5. The van der Waals surface area contributed by atoms with Crippen LogP contribution in [0.1, 0.15) is 25.0 Å². The number of nitrogens with one attached hydrogen (secondary N) is 2. The van der Waals surface area contributed by atoms with Crippen LogP contribution < -0.4 is 10.6 Å². The van der Waals surface area contributed by atoms with E-state index in [2.05, 4.69) is 31.7 Å². The monoisotopic (exact) mass is 413 g/mol. The summed E-state index contributed by atoms with van der Waals surface area (Å²) in [5, 5.41) is 10.1. The Kier molecular flexibility index (Phi) is 5.18. The van der Waals surface area contributed by atoms with Gasteiger partial charge in [0.05, 0.1) is 5.70 Å². The van der Waals surface area contributed by atoms with Crippen molar-refractivity contribution in [2.45, 2.75) is 13.8 Å². The molecule has 0 saturated carbocycles. The average molecular weight is 414 g/mol. The molecule has 1 aliphatic rings. The van der Waals surface area contributed by atoms with Crippen molar-refractivity contribution in [1.82, 2.24) is 0 Å². The van der Waals surface area contributed by atoms with Gasteiger partial charge in [0.25, 0.3) is 0 Å². The van der Waals surface area contributed by atoms with Crippen LogP contribution in [0.2, 0.25) is 0 Å². The number of carbonyl (C=O) groups excluding carboxylic acids is 2. The molecule has 0 bridgehead atoms. The quantitative estimate of drug-likeness (QED) is 0.448. The van der Waals surface area contributed by atoms with Gasteiger partial charge in [0.2, 0.25) is 6.41 Å². The average Bonchev–Trinajstić information content (AvgIpc) is 2.98. The van der Waals surface area contributed by atoms with Crippen molar-refractivity contribution >= 4 is 51.0 Å². The molecule has 26 heavy (non-hydrogen) atoms. The lowest BCUT2D eigenvalue weighted by atomic mass is 10.0. The molecule has 0 fully saturated rings. The third-order valence-corrected chi connectivity index (χ3v) is 4.41. The van der Waals surface area contributed by atoms with E-state index in [0.717, 1.165) is 26.9 Å². The van der Waals surface area contributed by atoms with E-state index >= 15 is 0 Å². The first-order chi connectivity index (χ1) is 12.5. The molecule has 2 aromatic carbocycles. The molecule has 0 radical (unpaired) electrons. The Morgan fingerprint density at radius 1 is 1.23 bits per heavy atom. The maximum absolute atomic E-state index is 11.2. The molecule has 2 aromatic rings. The van der Waals surface area contributed by atoms with Crippen LogP contribution in [0.3, 0.4) is 0 Å². The molecule has 0 spiro atoms. The molecular formula is C19H16BrN3O3. The van der Waals surface area contributed by atoms with E-state index in [1.807, 2.05) is 49.4 Å². The molecule has 6 nitrogen and oxygen atoms in total. The number of hydrogen-bond donors (Lipinski definition) is 2. The van der Waals surface area contributed by atoms with Crippen LogP contribution >= 0.6 is 15.9 Å². The zero-order chi connectivity index (χ0) is 18.7. The molecule has 3 rings (SSSR count). The predicted molar refractivity (Wildman–Crippen MR) is 105 cm³/mol. The second kappa shape index (κ2) is 7.53. The van der Waals surface area contributed by atoms with Crippen LogP contribution in [0.15, 0.2) is 57.8 Å². The number of rotatable bonds is 4. The Morgan fingerprint density at radius 2 is 2.00 bits per heavy atom. The standard InChI is InChI=1S/C19H16BrN3O3/c1-11(14-8-7-13(20)9-17(14)21-10-24)18-19(23-26-12(2)25)15-5-3-4-6-16(15)22-18/h3-10,22H,1-2H3,(H,21,24)/b18-11+,23-19+. The van der Waals surface area contributed by atoms with E-state index in [-0.39, 0.29) is 0 Å². The summed E-state index contributed by atoms with van der Waals surface area (Å²) in [4.78, 5) is 27.1. The summed E-state index contributed by atoms with van der Waals surface area (Å²) in [6.45, 7) is 3.21. The predicted octanol–water partition coefficient (Wildman–Crippen LogP) is 4.14. The minimum absolute atomic E-state index is 0.495. The highest BCUT2D eigenvalue weighted by Crippen LogP contribution is 2.35. The Hall–Kier alpha value is -2.93. The molecule has 132 valence electrons. The van der Waals surface area contributed by atoms with Gasteiger partial charge in [-0.1, -0.05) is 45.4 Å². The van der Waals surface area contributed by atoms with E-state index in [4.69, 9.17) is 4.84 Å². The summed E-state index contributed by atoms with van der Waals surface area (Å²) >= 11 is 3.41. The van der Waals surface area contributed by atoms with E-state index in [9.17, 15) is 9.59 Å². The van der Waals surface area contributed by atoms with Gasteiger partial charge < -0.3 is 15.5 Å². The maximum atomic E-state index is 11.2. The smallest absolute Gasteiger partial charge is 0.332 e. The van der Waals surface area contributed by atoms with Crippen molar-refractivity contribution in [2.75, 3.05) is 10.6 Å². The second-order valence-electron chi connectivity index (χ2n) is 5.65. The highest BCUT2D eigenvalue weighted by atomic mass is 79.9. The number of amides is 1. The Balaban J connectivity index is 2.15. The van der Waals surface area contributed by atoms with Crippen molar-refractivity contribution in [3.8, 4) is 0 Å². The second-order valence-corrected chi connectivity index (χ2v) is 6.56. The third-order valence-electron chi connectivity index (χ3n) is 3.92. The lowest BCUT2D eigenvalue weighted by Gasteiger charge is -2.13. The number of allylic oxidation sites excluding steroid dienone is 2. The van der Waals surface area contributed by atoms with Gasteiger partial charge in [0, 0.05) is 33.9 Å². The summed E-state index contributed by atoms with van der Waals surface area (Å²) in [7, 11) is 0. The topological polar surface area (TPSA) is 79.8 Å². The lowest BCUT2D eigenvalue weighted by molar-refractivity contribution is -0.140. The number of fused-ring (bicyclic) bond motifs is 1. The van der Waals surface area contributed by atoms with Crippen molar-refractivity contribution < 1.29 is 14.4 Å². The van der Waals surface area contributed by atoms with E-state index in [0.29, 0.717) is 23.5 Å². The van der Waals surface area contributed by atoms with Gasteiger partial charge in [0.1, 0.15) is 5.71 Å². The summed E-state index contributed by atoms with van der Waals surface area (Å²) in [6.07, 6.45) is 0.633. The first-order valence-corrected chi connectivity index (χ1v) is 8.64. The molecule has 7 heteroatoms. The minimum atomic E-state index is -0.495. The Labute approximate surface area is 159 Å². The molecule has 0 unspecified atom stereocenters. The van der Waals surface area contributed by atoms with E-state index < -0.39 is 5.97 Å². The molecule has 2 N–H and O–H groups in total. The molecular weight excluding hydrogens is 398 g/mol. The van der Waals surface area contributed by atoms with Crippen molar-refractivity contribution in [3.63, 3.8) is 0 Å². The van der Waals surface area contributed by atoms with Crippen LogP contribution in [-0.2, 0) is 14.4 Å². The highest BCUT2D eigenvalue weighted by molar-refractivity contribution is 9.10. The fourth-order valence-corrected chi connectivity index (χ4v) is 3.13. The summed E-state index contributed by atoms with van der Waals surface area (Å²) in [5.74, 6) is -0.495. The minimum Gasteiger partial charge on any atom is -0.353 e. The van der Waals surface area contributed by atoms with E-state index in [1.54, 1.807) is 0 Å². The Bertz CT molecular complexity index is 951. The fourth-order valence-electron chi connectivity index (χ4n) is 2.76. The van der Waals surface area contributed by atoms with Gasteiger partial charge in [-0.15, -0.1) is 0 Å². The van der Waals surface area contributed by atoms with Crippen LogP contribution in [-0.4, -0.2) is 18.1 Å². The first kappa shape index (κ1) is 17.9. The molecule has 0 aromatic heterocycles. The Morgan fingerprint density at radius 3 is 2.73 bits per heavy atom. The highest BCUT2D eigenvalue weighted by Gasteiger charge is 2.26. The molecule has 1 aliphatic heterocycles. The summed E-state index contributed by atoms with van der Waals surface area (Å²) < 4.78 is 0.847. The largest absolute Gasteiger partial charge is 0.353 e. The SMILES string of the molecule is CC(=O)O/N=C1/C(=C(/C)c2ccc(Br)cc2NC=O)Nc2ccccc21. The van der Waals surface area contributed by atoms with Gasteiger partial charge in [-0.2, -0.15) is 0 Å². The summed E-state index contributed by atoms with van der Waals surface area (Å²) in [6, 6.07) is 13.2.